The minimum atomic E-state index is -1.37. The van der Waals surface area contributed by atoms with E-state index in [1.807, 2.05) is 38.1 Å². The van der Waals surface area contributed by atoms with Crippen LogP contribution in [0.1, 0.15) is 69.7 Å². The van der Waals surface area contributed by atoms with Crippen molar-refractivity contribution in [2.75, 3.05) is 24.6 Å². The lowest BCUT2D eigenvalue weighted by atomic mass is 10.0. The molecular weight excluding hydrogens is 1020 g/mol. The van der Waals surface area contributed by atoms with Gasteiger partial charge in [-0.25, -0.2) is 4.98 Å². The van der Waals surface area contributed by atoms with Crippen LogP contribution >= 0.6 is 25.3 Å². The number of nitrogens with two attached hydrogens (primary N) is 3. The van der Waals surface area contributed by atoms with Gasteiger partial charge in [0.05, 0.1) is 6.33 Å². The Balaban J connectivity index is 1.61. The lowest BCUT2D eigenvalue weighted by Crippen LogP contribution is -2.60. The van der Waals surface area contributed by atoms with Gasteiger partial charge in [-0.1, -0.05) is 62.4 Å². The summed E-state index contributed by atoms with van der Waals surface area (Å²) in [5.41, 5.74) is 19.0. The molecule has 0 unspecified atom stereocenters. The number of guanidine groups is 1. The summed E-state index contributed by atoms with van der Waals surface area (Å²) >= 11 is 8.35. The quantitative estimate of drug-likeness (QED) is 0.0117. The predicted octanol–water partition coefficient (Wildman–Crippen LogP) is -1.33. The number of nitrogens with one attached hydrogen (secondary N) is 10. The third-order valence-electron chi connectivity index (χ3n) is 11.8. The van der Waals surface area contributed by atoms with E-state index >= 15 is 0 Å². The molecule has 2 aromatic heterocycles. The number of nitrogens with zero attached hydrogens (tertiary/aromatic N) is 2. The molecule has 0 spiro atoms. The van der Waals surface area contributed by atoms with Gasteiger partial charge < -0.3 is 69.7 Å². The number of primary amides is 1. The molecule has 0 aliphatic rings. The molecule has 7 atom stereocenters. The molecule has 2 aromatic carbocycles. The Labute approximate surface area is 451 Å². The van der Waals surface area contributed by atoms with Crippen LogP contribution in [-0.4, -0.2) is 141 Å². The van der Waals surface area contributed by atoms with Crippen LogP contribution in [0.2, 0.25) is 0 Å². The number of rotatable bonds is 32. The van der Waals surface area contributed by atoms with Crippen LogP contribution in [0.25, 0.3) is 10.9 Å². The Morgan fingerprint density at radius 2 is 1.21 bits per heavy atom. The molecule has 0 aliphatic heterocycles. The highest BCUT2D eigenvalue weighted by Crippen LogP contribution is 2.20. The summed E-state index contributed by atoms with van der Waals surface area (Å²) in [6, 6.07) is 7.66. The molecule has 2 heterocycles. The summed E-state index contributed by atoms with van der Waals surface area (Å²) < 4.78 is 0. The van der Waals surface area contributed by atoms with Gasteiger partial charge in [0, 0.05) is 86.2 Å². The molecule has 0 aliphatic carbocycles. The van der Waals surface area contributed by atoms with Crippen LogP contribution < -0.4 is 59.7 Å². The number of amides is 9. The second-order valence-electron chi connectivity index (χ2n) is 18.5. The maximum atomic E-state index is 14.7. The van der Waals surface area contributed by atoms with Crippen LogP contribution in [0.4, 0.5) is 0 Å². The number of carbonyl (C=O) groups excluding carboxylic acids is 9. The monoisotopic (exact) mass is 1090 g/mol. The molecule has 0 saturated heterocycles. The first-order valence-corrected chi connectivity index (χ1v) is 26.0. The minimum absolute atomic E-state index is 0.000686. The van der Waals surface area contributed by atoms with Crippen LogP contribution in [0, 0.1) is 5.92 Å². The first-order valence-electron chi connectivity index (χ1n) is 24.8. The summed E-state index contributed by atoms with van der Waals surface area (Å²) in [6.07, 6.45) is 4.87. The van der Waals surface area contributed by atoms with Gasteiger partial charge in [-0.2, -0.15) is 25.3 Å². The topological polar surface area (TPSA) is 385 Å². The van der Waals surface area contributed by atoms with Gasteiger partial charge in [0.2, 0.25) is 53.2 Å². The van der Waals surface area contributed by atoms with Gasteiger partial charge in [0.1, 0.15) is 42.3 Å². The van der Waals surface area contributed by atoms with Crippen molar-refractivity contribution in [1.29, 1.82) is 0 Å². The Morgan fingerprint density at radius 3 is 1.82 bits per heavy atom. The van der Waals surface area contributed by atoms with Crippen molar-refractivity contribution in [3.63, 3.8) is 0 Å². The summed E-state index contributed by atoms with van der Waals surface area (Å²) in [5.74, 6) is -6.41. The fourth-order valence-corrected chi connectivity index (χ4v) is 8.48. The number of aliphatic imine (C=N–C) groups is 1. The number of fused-ring (bicyclic) bond motifs is 1. The molecule has 412 valence electrons. The molecule has 16 N–H and O–H groups in total. The Kier molecular flexibility index (Phi) is 25.1. The zero-order valence-electron chi connectivity index (χ0n) is 42.7. The summed E-state index contributed by atoms with van der Waals surface area (Å²) in [7, 11) is 0. The van der Waals surface area contributed by atoms with E-state index in [0.29, 0.717) is 16.8 Å². The van der Waals surface area contributed by atoms with E-state index in [0.717, 1.165) is 10.9 Å². The van der Waals surface area contributed by atoms with E-state index in [1.165, 1.54) is 19.4 Å². The van der Waals surface area contributed by atoms with Crippen LogP contribution in [-0.2, 0) is 62.4 Å². The number of hydrogen-bond donors (Lipinski definition) is 15. The van der Waals surface area contributed by atoms with Gasteiger partial charge in [0.25, 0.3) is 0 Å². The fraction of sp³-hybridized carbons (Fsp3) is 0.460. The van der Waals surface area contributed by atoms with Crippen LogP contribution in [0.5, 0.6) is 0 Å². The predicted molar refractivity (Wildman–Crippen MR) is 292 cm³/mol. The number of carbonyl (C=O) groups is 9. The number of thiol groups is 2. The molecule has 26 heteroatoms. The number of aromatic amines is 2. The van der Waals surface area contributed by atoms with Crippen molar-refractivity contribution in [1.82, 2.24) is 57.5 Å². The molecule has 0 radical (unpaired) electrons. The lowest BCUT2D eigenvalue weighted by Gasteiger charge is -2.27. The third-order valence-corrected chi connectivity index (χ3v) is 12.5. The first-order chi connectivity index (χ1) is 36.3. The lowest BCUT2D eigenvalue weighted by molar-refractivity contribution is -0.135. The second kappa shape index (κ2) is 31.3. The maximum absolute atomic E-state index is 14.7. The summed E-state index contributed by atoms with van der Waals surface area (Å²) in [5, 5.41) is 22.3. The van der Waals surface area contributed by atoms with Crippen LogP contribution in [0.15, 0.2) is 78.3 Å². The Bertz CT molecular complexity index is 2610. The van der Waals surface area contributed by atoms with Gasteiger partial charge >= 0.3 is 0 Å². The smallest absolute Gasteiger partial charge is 0.244 e. The average molecular weight is 1090 g/mol. The molecular formula is C50H71N15O9S2. The van der Waals surface area contributed by atoms with E-state index in [1.54, 1.807) is 36.5 Å². The Hall–Kier alpha value is -7.61. The van der Waals surface area contributed by atoms with Crippen molar-refractivity contribution < 1.29 is 43.2 Å². The molecule has 4 rings (SSSR count). The standard InChI is InChI=1S/C50H71N15O9S2/c1-28(2)19-36(59-29(3)66)46(71)65-41(26-76)49(74)64-39(22-32-24-54-27-58-32)48(73)62-37(20-30-11-5-4-6-12-30)47(72)61-35(15-9-18-56-50(52)53)45(70)63-38(21-31-23-57-34-14-8-7-13-33(31)34)44(69)55-17-10-16-42(67)60-40(25-75)43(51)68/h4-8,11-14,23-24,27-28,35-41,57,75-76H,9-10,15-22,25-26H2,1-3H3,(H2,51,68)(H,54,58)(H,55,69)(H,59,66)(H,60,67)(H,61,72)(H,62,73)(H,63,70)(H,64,74)(H,65,71)(H4,52,53,56)/t35-,36-,37+,38-,39-,40-,41-/m0/s1. The van der Waals surface area contributed by atoms with E-state index in [2.05, 4.69) is 87.7 Å². The van der Waals surface area contributed by atoms with E-state index in [4.69, 9.17) is 17.2 Å². The van der Waals surface area contributed by atoms with E-state index < -0.39 is 95.5 Å². The van der Waals surface area contributed by atoms with E-state index in [-0.39, 0.29) is 87.8 Å². The number of benzene rings is 2. The molecule has 0 fully saturated rings. The normalized spacial score (nSPS) is 13.8. The molecule has 9 amide bonds. The molecule has 24 nitrogen and oxygen atoms in total. The summed E-state index contributed by atoms with van der Waals surface area (Å²) in [6.45, 7) is 5.10. The highest BCUT2D eigenvalue weighted by Gasteiger charge is 2.34. The number of imidazole rings is 1. The maximum Gasteiger partial charge on any atom is 0.244 e. The van der Waals surface area contributed by atoms with Gasteiger partial charge in [0.15, 0.2) is 5.96 Å². The Morgan fingerprint density at radius 1 is 0.632 bits per heavy atom. The molecule has 0 bridgehead atoms. The SMILES string of the molecule is CC(=O)N[C@@H](CC(C)C)C(=O)N[C@@H](CS)C(=O)N[C@@H](Cc1cnc[nH]1)C(=O)N[C@H](Cc1ccccc1)C(=O)N[C@@H](CCCN=C(N)N)C(=O)N[C@@H](Cc1c[nH]c2ccccc12)C(=O)NCCCC(=O)N[C@@H](CS)C(N)=O. The van der Waals surface area contributed by atoms with E-state index in [9.17, 15) is 43.2 Å². The number of aromatic nitrogens is 3. The number of hydrogen-bond acceptors (Lipinski definition) is 13. The van der Waals surface area contributed by atoms with Gasteiger partial charge in [-0.15, -0.1) is 0 Å². The average Bonchev–Trinajstić information content (AvgIpc) is 4.05. The third kappa shape index (κ3) is 20.6. The zero-order valence-corrected chi connectivity index (χ0v) is 44.5. The highest BCUT2D eigenvalue weighted by molar-refractivity contribution is 7.80. The van der Waals surface area contributed by atoms with Gasteiger partial charge in [-0.3, -0.25) is 48.1 Å². The molecule has 76 heavy (non-hydrogen) atoms. The van der Waals surface area contributed by atoms with Crippen molar-refractivity contribution in [2.24, 2.45) is 28.1 Å². The first kappa shape index (κ1) is 60.9. The minimum Gasteiger partial charge on any atom is -0.370 e. The summed E-state index contributed by atoms with van der Waals surface area (Å²) in [4.78, 5) is 135. The van der Waals surface area contributed by atoms with Gasteiger partial charge in [-0.05, 0) is 48.8 Å². The second-order valence-corrected chi connectivity index (χ2v) is 19.2. The van der Waals surface area contributed by atoms with Crippen molar-refractivity contribution in [3.05, 3.63) is 90.1 Å². The van der Waals surface area contributed by atoms with Crippen molar-refractivity contribution in [3.8, 4) is 0 Å². The fourth-order valence-electron chi connectivity index (χ4n) is 7.95. The highest BCUT2D eigenvalue weighted by atomic mass is 32.1. The van der Waals surface area contributed by atoms with Crippen molar-refractivity contribution in [2.45, 2.75) is 114 Å². The van der Waals surface area contributed by atoms with Crippen molar-refractivity contribution >= 4 is 95.3 Å². The zero-order chi connectivity index (χ0) is 55.7. The molecule has 4 aromatic rings. The van der Waals surface area contributed by atoms with Crippen LogP contribution in [0.3, 0.4) is 0 Å². The number of para-hydroxylation sites is 1. The largest absolute Gasteiger partial charge is 0.370 e. The molecule has 0 saturated carbocycles. The number of H-pyrrole nitrogens is 2.